The highest BCUT2D eigenvalue weighted by molar-refractivity contribution is 5.50. The van der Waals surface area contributed by atoms with Gasteiger partial charge in [0, 0.05) is 0 Å². The van der Waals surface area contributed by atoms with E-state index in [1.54, 1.807) is 0 Å². The van der Waals surface area contributed by atoms with Gasteiger partial charge in [-0.25, -0.2) is 0 Å². The molecule has 0 radical (unpaired) electrons. The largest absolute Gasteiger partial charge is 0.371 e. The second kappa shape index (κ2) is 4.92. The van der Waals surface area contributed by atoms with E-state index in [2.05, 4.69) is 20.8 Å². The maximum absolute atomic E-state index is 10.1. The lowest BCUT2D eigenvalue weighted by Crippen LogP contribution is -2.29. The summed E-state index contributed by atoms with van der Waals surface area (Å²) >= 11 is 0. The van der Waals surface area contributed by atoms with Crippen molar-refractivity contribution >= 4 is 6.29 Å². The molecule has 1 aliphatic carbocycles. The maximum atomic E-state index is 10.1. The fourth-order valence-corrected chi connectivity index (χ4v) is 2.27. The molecule has 2 nitrogen and oxygen atoms in total. The van der Waals surface area contributed by atoms with Crippen molar-refractivity contribution < 1.29 is 9.53 Å². The molecular weight excluding hydrogens is 176 g/mol. The fraction of sp³-hybridized carbons (Fsp3) is 0.917. The molecule has 14 heavy (non-hydrogen) atoms. The molecule has 0 saturated heterocycles. The summed E-state index contributed by atoms with van der Waals surface area (Å²) in [6.45, 7) is 7.20. The van der Waals surface area contributed by atoms with Gasteiger partial charge in [0.15, 0.2) is 0 Å². The third-order valence-electron chi connectivity index (χ3n) is 3.30. The monoisotopic (exact) mass is 198 g/mol. The van der Waals surface area contributed by atoms with Gasteiger partial charge in [0.05, 0.1) is 6.10 Å². The van der Waals surface area contributed by atoms with Gasteiger partial charge in [-0.05, 0) is 37.0 Å². The summed E-state index contributed by atoms with van der Waals surface area (Å²) in [5, 5.41) is 0. The van der Waals surface area contributed by atoms with Crippen LogP contribution in [0.3, 0.4) is 0 Å². The van der Waals surface area contributed by atoms with Gasteiger partial charge in [-0.2, -0.15) is 0 Å². The van der Waals surface area contributed by atoms with E-state index in [1.165, 1.54) is 12.8 Å². The Morgan fingerprint density at radius 2 is 1.79 bits per heavy atom. The molecular formula is C12H22O2. The zero-order valence-corrected chi connectivity index (χ0v) is 9.58. The van der Waals surface area contributed by atoms with Crippen LogP contribution in [-0.4, -0.2) is 19.0 Å². The van der Waals surface area contributed by atoms with Crippen LogP contribution in [-0.2, 0) is 9.53 Å². The SMILES string of the molecule is CC(C)(C)[C@H]1CC[C@H](OCC=O)CC1. The Labute approximate surface area is 87.0 Å². The molecule has 0 aromatic rings. The molecule has 0 aromatic carbocycles. The molecule has 1 fully saturated rings. The van der Waals surface area contributed by atoms with Crippen LogP contribution in [0.5, 0.6) is 0 Å². The lowest BCUT2D eigenvalue weighted by molar-refractivity contribution is -0.114. The number of carbonyl (C=O) groups is 1. The van der Waals surface area contributed by atoms with E-state index < -0.39 is 0 Å². The number of rotatable bonds is 3. The summed E-state index contributed by atoms with van der Waals surface area (Å²) in [6, 6.07) is 0. The minimum atomic E-state index is 0.269. The molecule has 2 heteroatoms. The second-order valence-electron chi connectivity index (χ2n) is 5.34. The summed E-state index contributed by atoms with van der Waals surface area (Å²) in [7, 11) is 0. The van der Waals surface area contributed by atoms with Gasteiger partial charge in [-0.1, -0.05) is 20.8 Å². The number of ether oxygens (including phenoxy) is 1. The fourth-order valence-electron chi connectivity index (χ4n) is 2.27. The van der Waals surface area contributed by atoms with Gasteiger partial charge >= 0.3 is 0 Å². The highest BCUT2D eigenvalue weighted by atomic mass is 16.5. The van der Waals surface area contributed by atoms with Crippen molar-refractivity contribution in [1.29, 1.82) is 0 Å². The Bertz CT molecular complexity index is 173. The Balaban J connectivity index is 2.27. The van der Waals surface area contributed by atoms with Gasteiger partial charge < -0.3 is 9.53 Å². The Hall–Kier alpha value is -0.370. The second-order valence-corrected chi connectivity index (χ2v) is 5.34. The Kier molecular flexibility index (Phi) is 4.11. The third kappa shape index (κ3) is 3.41. The topological polar surface area (TPSA) is 26.3 Å². The molecule has 0 spiro atoms. The number of aldehydes is 1. The summed E-state index contributed by atoms with van der Waals surface area (Å²) in [5.74, 6) is 0.818. The van der Waals surface area contributed by atoms with Gasteiger partial charge in [-0.15, -0.1) is 0 Å². The zero-order valence-electron chi connectivity index (χ0n) is 9.58. The van der Waals surface area contributed by atoms with Crippen molar-refractivity contribution in [2.45, 2.75) is 52.6 Å². The van der Waals surface area contributed by atoms with Crippen molar-refractivity contribution in [3.05, 3.63) is 0 Å². The molecule has 1 saturated carbocycles. The number of hydrogen-bond acceptors (Lipinski definition) is 2. The summed E-state index contributed by atoms with van der Waals surface area (Å²) in [6.07, 6.45) is 5.90. The predicted octanol–water partition coefficient (Wildman–Crippen LogP) is 2.81. The normalized spacial score (nSPS) is 28.8. The molecule has 82 valence electrons. The molecule has 1 aliphatic rings. The molecule has 0 N–H and O–H groups in total. The third-order valence-corrected chi connectivity index (χ3v) is 3.30. The van der Waals surface area contributed by atoms with Crippen molar-refractivity contribution in [2.75, 3.05) is 6.61 Å². The van der Waals surface area contributed by atoms with E-state index in [0.717, 1.165) is 25.0 Å². The minimum absolute atomic E-state index is 0.269. The van der Waals surface area contributed by atoms with E-state index in [1.807, 2.05) is 0 Å². The molecule has 0 aliphatic heterocycles. The van der Waals surface area contributed by atoms with Crippen LogP contribution in [0.2, 0.25) is 0 Å². The van der Waals surface area contributed by atoms with Crippen LogP contribution in [0.1, 0.15) is 46.5 Å². The molecule has 1 rings (SSSR count). The van der Waals surface area contributed by atoms with Gasteiger partial charge in [0.25, 0.3) is 0 Å². The van der Waals surface area contributed by atoms with Crippen LogP contribution in [0.25, 0.3) is 0 Å². The van der Waals surface area contributed by atoms with Crippen LogP contribution < -0.4 is 0 Å². The predicted molar refractivity (Wildman–Crippen MR) is 57.2 cm³/mol. The Morgan fingerprint density at radius 3 is 2.21 bits per heavy atom. The van der Waals surface area contributed by atoms with Crippen molar-refractivity contribution in [3.8, 4) is 0 Å². The average molecular weight is 198 g/mol. The van der Waals surface area contributed by atoms with Crippen LogP contribution >= 0.6 is 0 Å². The first-order valence-corrected chi connectivity index (χ1v) is 5.59. The molecule has 0 atom stereocenters. The van der Waals surface area contributed by atoms with E-state index >= 15 is 0 Å². The molecule has 0 unspecified atom stereocenters. The summed E-state index contributed by atoms with van der Waals surface area (Å²) in [5.41, 5.74) is 0.426. The maximum Gasteiger partial charge on any atom is 0.145 e. The number of hydrogen-bond donors (Lipinski definition) is 0. The van der Waals surface area contributed by atoms with Gasteiger partial charge in [0.1, 0.15) is 12.9 Å². The molecule has 0 heterocycles. The molecule has 0 bridgehead atoms. The van der Waals surface area contributed by atoms with Gasteiger partial charge in [0.2, 0.25) is 0 Å². The van der Waals surface area contributed by atoms with E-state index in [4.69, 9.17) is 4.74 Å². The van der Waals surface area contributed by atoms with Crippen LogP contribution in [0, 0.1) is 11.3 Å². The van der Waals surface area contributed by atoms with Crippen molar-refractivity contribution in [3.63, 3.8) is 0 Å². The first-order valence-electron chi connectivity index (χ1n) is 5.59. The van der Waals surface area contributed by atoms with Gasteiger partial charge in [-0.3, -0.25) is 0 Å². The standard InChI is InChI=1S/C12H22O2/c1-12(2,3)10-4-6-11(7-5-10)14-9-8-13/h8,10-11H,4-7,9H2,1-3H3/t10-,11-. The number of carbonyl (C=O) groups excluding carboxylic acids is 1. The van der Waals surface area contributed by atoms with Crippen molar-refractivity contribution in [2.24, 2.45) is 11.3 Å². The minimum Gasteiger partial charge on any atom is -0.371 e. The summed E-state index contributed by atoms with van der Waals surface area (Å²) in [4.78, 5) is 10.1. The zero-order chi connectivity index (χ0) is 10.6. The highest BCUT2D eigenvalue weighted by Crippen LogP contribution is 2.38. The average Bonchev–Trinajstić information content (AvgIpc) is 2.14. The van der Waals surface area contributed by atoms with Crippen LogP contribution in [0.15, 0.2) is 0 Å². The van der Waals surface area contributed by atoms with E-state index in [0.29, 0.717) is 11.5 Å². The van der Waals surface area contributed by atoms with E-state index in [9.17, 15) is 4.79 Å². The first kappa shape index (κ1) is 11.7. The first-order chi connectivity index (χ1) is 6.54. The van der Waals surface area contributed by atoms with Crippen molar-refractivity contribution in [1.82, 2.24) is 0 Å². The highest BCUT2D eigenvalue weighted by Gasteiger charge is 2.29. The summed E-state index contributed by atoms with van der Waals surface area (Å²) < 4.78 is 5.43. The molecule has 0 aromatic heterocycles. The van der Waals surface area contributed by atoms with E-state index in [-0.39, 0.29) is 6.61 Å². The lowest BCUT2D eigenvalue weighted by atomic mass is 9.72. The quantitative estimate of drug-likeness (QED) is 0.652. The smallest absolute Gasteiger partial charge is 0.145 e. The van der Waals surface area contributed by atoms with Crippen LogP contribution in [0.4, 0.5) is 0 Å². The lowest BCUT2D eigenvalue weighted by Gasteiger charge is -2.36. The molecule has 0 amide bonds. The Morgan fingerprint density at radius 1 is 1.21 bits per heavy atom.